The van der Waals surface area contributed by atoms with E-state index < -0.39 is 52.4 Å². The summed E-state index contributed by atoms with van der Waals surface area (Å²) in [6, 6.07) is 104. The van der Waals surface area contributed by atoms with Crippen molar-refractivity contribution in [1.82, 2.24) is 38.2 Å². The van der Waals surface area contributed by atoms with Crippen LogP contribution in [0.1, 0.15) is 103 Å². The van der Waals surface area contributed by atoms with Crippen molar-refractivity contribution in [2.45, 2.75) is 25.8 Å². The van der Waals surface area contributed by atoms with Gasteiger partial charge in [-0.25, -0.2) is 34.6 Å². The van der Waals surface area contributed by atoms with Gasteiger partial charge in [-0.3, -0.25) is 51.8 Å². The Balaban J connectivity index is 0.552. The number of imide groups is 3. The van der Waals surface area contributed by atoms with Gasteiger partial charge in [-0.1, -0.05) is 202 Å². The predicted molar refractivity (Wildman–Crippen MR) is 493 cm³/mol. The number of phenols is 2. The topological polar surface area (TPSA) is 244 Å². The van der Waals surface area contributed by atoms with Crippen LogP contribution in [0.3, 0.4) is 0 Å². The fourth-order valence-electron chi connectivity index (χ4n) is 19.3. The smallest absolute Gasteiger partial charge is 0.266 e. The summed E-state index contributed by atoms with van der Waals surface area (Å²) in [7, 11) is 0. The lowest BCUT2D eigenvalue weighted by atomic mass is 9.77. The minimum atomic E-state index is -1.15. The van der Waals surface area contributed by atoms with Crippen molar-refractivity contribution in [2.75, 3.05) is 19.6 Å². The Bertz CT molecular complexity index is 7990. The number of hydrogen-bond acceptors (Lipinski definition) is 13. The second-order valence-electron chi connectivity index (χ2n) is 32.9. The number of fused-ring (bicyclic) bond motifs is 4. The maximum atomic E-state index is 15.8. The second-order valence-corrected chi connectivity index (χ2v) is 32.9. The van der Waals surface area contributed by atoms with Crippen molar-refractivity contribution >= 4 is 130 Å². The highest BCUT2D eigenvalue weighted by Crippen LogP contribution is 2.50. The number of phenolic OH excluding ortho intramolecular Hbond substituents is 2. The SMILES string of the molecule is CC(C)(c1ccc(O)c(N2C(=O)c3ccc4c5c(ccc(c35)C2=O)C(=O)N(c2cc(-n3c(-c5ccccc5)nc5ccccc53)cc(-n3c(-c5ccccc5)nc5ccccc53)c2)C4)c1)c1ccc(O)c(N2C(=O)c3ccc4c5c(ccc(c35)C2=O)C(=O)N(c2cc(-n3c(-c5ccccc5)nc5ccccc53)cc(-n3c(-c5ccccc5)nc5ccccc53)c2)C4=O)c1. The van der Waals surface area contributed by atoms with Crippen molar-refractivity contribution in [3.8, 4) is 79.8 Å². The van der Waals surface area contributed by atoms with E-state index in [0.717, 1.165) is 70.1 Å². The maximum absolute atomic E-state index is 15.8. The minimum Gasteiger partial charge on any atom is -0.506 e. The van der Waals surface area contributed by atoms with E-state index in [0.29, 0.717) is 90.2 Å². The van der Waals surface area contributed by atoms with Gasteiger partial charge in [-0.15, -0.1) is 0 Å². The van der Waals surface area contributed by atoms with Crippen LogP contribution >= 0.6 is 0 Å². The van der Waals surface area contributed by atoms with E-state index in [2.05, 4.69) is 15.2 Å². The molecule has 4 aromatic heterocycles. The molecule has 0 saturated carbocycles. The molecule has 128 heavy (non-hydrogen) atoms. The number of aromatic hydroxyl groups is 2. The lowest BCUT2D eigenvalue weighted by Gasteiger charge is -2.34. The first-order valence-corrected chi connectivity index (χ1v) is 41.8. The molecule has 20 aromatic rings. The molecule has 4 aliphatic rings. The lowest BCUT2D eigenvalue weighted by molar-refractivity contribution is 0.0872. The molecule has 2 N–H and O–H groups in total. The Kier molecular flexibility index (Phi) is 16.2. The summed E-state index contributed by atoms with van der Waals surface area (Å²) in [5.41, 5.74) is 13.7. The number of rotatable bonds is 14. The highest BCUT2D eigenvalue weighted by Gasteiger charge is 2.45. The van der Waals surface area contributed by atoms with Crippen molar-refractivity contribution in [2.24, 2.45) is 0 Å². The van der Waals surface area contributed by atoms with Crippen LogP contribution in [0.15, 0.2) is 340 Å². The number of carbonyl (C=O) groups is 7. The highest BCUT2D eigenvalue weighted by molar-refractivity contribution is 6.43. The molecule has 0 atom stereocenters. The zero-order valence-corrected chi connectivity index (χ0v) is 68.2. The quantitative estimate of drug-likeness (QED) is 0.0963. The summed E-state index contributed by atoms with van der Waals surface area (Å²) in [5.74, 6) is -3.20. The summed E-state index contributed by atoms with van der Waals surface area (Å²) < 4.78 is 8.24. The van der Waals surface area contributed by atoms with Gasteiger partial charge in [0, 0.05) is 93.8 Å². The van der Waals surface area contributed by atoms with Crippen LogP contribution in [0, 0.1) is 0 Å². The number of aromatic nitrogens is 8. The molecule has 0 aliphatic carbocycles. The van der Waals surface area contributed by atoms with E-state index in [1.54, 1.807) is 53.4 Å². The highest BCUT2D eigenvalue weighted by atomic mass is 16.3. The lowest BCUT2D eigenvalue weighted by Crippen LogP contribution is -2.43. The van der Waals surface area contributed by atoms with E-state index in [9.17, 15) is 10.2 Å². The molecule has 608 valence electrons. The van der Waals surface area contributed by atoms with Gasteiger partial charge in [0.1, 0.15) is 34.8 Å². The Labute approximate surface area is 728 Å². The normalized spacial score (nSPS) is 13.8. The summed E-state index contributed by atoms with van der Waals surface area (Å²) in [6.45, 7) is 3.73. The third-order valence-corrected chi connectivity index (χ3v) is 25.4. The number of carbonyl (C=O) groups excluding carboxylic acids is 7. The number of anilines is 4. The average Bonchev–Trinajstić information content (AvgIpc) is 0.824. The Hall–Kier alpha value is -17.6. The molecule has 0 radical (unpaired) electrons. The predicted octanol–water partition coefficient (Wildman–Crippen LogP) is 21.3. The summed E-state index contributed by atoms with van der Waals surface area (Å²) in [5, 5.41) is 24.9. The molecule has 16 aromatic carbocycles. The second kappa shape index (κ2) is 28.0. The molecule has 0 bridgehead atoms. The minimum absolute atomic E-state index is 0.00904. The molecule has 0 fully saturated rings. The average molecular weight is 1660 g/mol. The molecule has 24 rings (SSSR count). The number of amides is 7. The molecule has 21 nitrogen and oxygen atoms in total. The summed E-state index contributed by atoms with van der Waals surface area (Å²) in [4.78, 5) is 135. The van der Waals surface area contributed by atoms with Crippen molar-refractivity contribution in [3.05, 3.63) is 395 Å². The van der Waals surface area contributed by atoms with Gasteiger partial charge in [-0.05, 0) is 168 Å². The van der Waals surface area contributed by atoms with Crippen LogP contribution < -0.4 is 19.6 Å². The van der Waals surface area contributed by atoms with Crippen molar-refractivity contribution in [3.63, 3.8) is 0 Å². The Morgan fingerprint density at radius 2 is 0.523 bits per heavy atom. The van der Waals surface area contributed by atoms with Gasteiger partial charge in [0.2, 0.25) is 0 Å². The largest absolute Gasteiger partial charge is 0.506 e. The third kappa shape index (κ3) is 11.1. The van der Waals surface area contributed by atoms with Crippen LogP contribution in [0.4, 0.5) is 22.7 Å². The molecule has 0 saturated heterocycles. The molecular formula is C107H66N12O9. The molecule has 8 heterocycles. The van der Waals surface area contributed by atoms with Crippen LogP contribution in [0.2, 0.25) is 0 Å². The van der Waals surface area contributed by atoms with Gasteiger partial charge >= 0.3 is 0 Å². The molecule has 7 amide bonds. The van der Waals surface area contributed by atoms with Crippen LogP contribution in [-0.2, 0) is 12.0 Å². The standard InChI is InChI=1S/C107H66N12O9/c1-107(2,65-40-49-90(120)88(51-65)118-103(125)74-42-39-64-59-112(100(122)73-43-44-75(104(118)126)93(74)92(64)73)67-53-68(113-84-35-19-15-31-80(84)108-96(113)60-23-7-3-8-24-60)55-69(54-67)114-85-36-20-16-32-81(85)109-97(114)61-25-9-4-10-26-61)66-41-50-91(121)89(52-66)119-105(127)78-47-45-76-94-77(46-48-79(95(78)94)106(119)128)102(124)117(101(76)123)72-57-70(115-86-37-21-17-33-82(86)110-98(115)62-27-11-5-12-28-62)56-71(58-72)116-87-38-22-18-34-83(87)111-99(116)63-29-13-6-14-30-63/h3-58,120-121H,59H2,1-2H3. The van der Waals surface area contributed by atoms with E-state index in [-0.39, 0.29) is 79.2 Å². The van der Waals surface area contributed by atoms with Gasteiger partial charge in [0.05, 0.1) is 90.5 Å². The number of benzene rings is 16. The first kappa shape index (κ1) is 74.3. The van der Waals surface area contributed by atoms with Gasteiger partial charge in [0.15, 0.2) is 0 Å². The summed E-state index contributed by atoms with van der Waals surface area (Å²) >= 11 is 0. The fourth-order valence-corrected chi connectivity index (χ4v) is 19.3. The van der Waals surface area contributed by atoms with Gasteiger partial charge in [0.25, 0.3) is 41.4 Å². The van der Waals surface area contributed by atoms with Crippen molar-refractivity contribution < 1.29 is 43.8 Å². The molecule has 4 aliphatic heterocycles. The van der Waals surface area contributed by atoms with Gasteiger partial charge in [-0.2, -0.15) is 0 Å². The molecule has 0 spiro atoms. The molecular weight excluding hydrogens is 1600 g/mol. The van der Waals surface area contributed by atoms with Crippen molar-refractivity contribution in [1.29, 1.82) is 0 Å². The number of hydrogen-bond donors (Lipinski definition) is 2. The number of nitrogens with zero attached hydrogens (tertiary/aromatic N) is 12. The first-order chi connectivity index (χ1) is 62.5. The fraction of sp³-hybridized carbons (Fsp3) is 0.0374. The van der Waals surface area contributed by atoms with Crippen LogP contribution in [0.5, 0.6) is 11.5 Å². The van der Waals surface area contributed by atoms with E-state index in [1.807, 2.05) is 266 Å². The van der Waals surface area contributed by atoms with E-state index >= 15 is 33.6 Å². The maximum Gasteiger partial charge on any atom is 0.266 e. The molecule has 0 unspecified atom stereocenters. The zero-order chi connectivity index (χ0) is 86.4. The summed E-state index contributed by atoms with van der Waals surface area (Å²) in [6.07, 6.45) is 0. The molecule has 21 heteroatoms. The van der Waals surface area contributed by atoms with E-state index in [4.69, 9.17) is 19.9 Å². The van der Waals surface area contributed by atoms with Crippen LogP contribution in [0.25, 0.3) is 134 Å². The van der Waals surface area contributed by atoms with Gasteiger partial charge < -0.3 is 15.1 Å². The number of imidazole rings is 4. The zero-order valence-electron chi connectivity index (χ0n) is 68.2. The monoisotopic (exact) mass is 1660 g/mol. The first-order valence-electron chi connectivity index (χ1n) is 41.8. The Morgan fingerprint density at radius 3 is 0.852 bits per heavy atom. The third-order valence-electron chi connectivity index (χ3n) is 25.4. The van der Waals surface area contributed by atoms with Crippen LogP contribution in [-0.4, -0.2) is 89.8 Å². The Morgan fingerprint density at radius 1 is 0.258 bits per heavy atom. The number of para-hydroxylation sites is 8. The van der Waals surface area contributed by atoms with E-state index in [1.165, 1.54) is 42.5 Å².